The summed E-state index contributed by atoms with van der Waals surface area (Å²) >= 11 is 0. The Kier molecular flexibility index (Phi) is 3.85. The van der Waals surface area contributed by atoms with Crippen LogP contribution in [0.2, 0.25) is 0 Å². The summed E-state index contributed by atoms with van der Waals surface area (Å²) in [4.78, 5) is 15.0. The van der Waals surface area contributed by atoms with E-state index in [4.69, 9.17) is 0 Å². The van der Waals surface area contributed by atoms with Gasteiger partial charge in [0.1, 0.15) is 0 Å². The molecule has 0 saturated carbocycles. The monoisotopic (exact) mass is 191 g/mol. The lowest BCUT2D eigenvalue weighted by Crippen LogP contribution is -2.01. The van der Waals surface area contributed by atoms with E-state index in [2.05, 4.69) is 9.99 Å². The fourth-order valence-electron chi connectivity index (χ4n) is 1.07. The van der Waals surface area contributed by atoms with Crippen LogP contribution >= 0.6 is 0 Å². The second-order valence-electron chi connectivity index (χ2n) is 3.07. The number of hydrogen-bond donors (Lipinski definition) is 0. The van der Waals surface area contributed by atoms with Crippen molar-refractivity contribution < 1.29 is 9.63 Å². The first-order valence-corrected chi connectivity index (χ1v) is 4.43. The largest absolute Gasteiger partial charge is 0.331 e. The third-order valence-corrected chi connectivity index (χ3v) is 1.63. The zero-order valence-corrected chi connectivity index (χ0v) is 8.36. The quantitative estimate of drug-likeness (QED) is 0.417. The third-order valence-electron chi connectivity index (χ3n) is 1.63. The van der Waals surface area contributed by atoms with Crippen LogP contribution in [0.4, 0.5) is 0 Å². The van der Waals surface area contributed by atoms with E-state index in [-0.39, 0.29) is 0 Å². The minimum atomic E-state index is -0.391. The Morgan fingerprint density at radius 2 is 1.93 bits per heavy atom. The Hall–Kier alpha value is -1.64. The summed E-state index contributed by atoms with van der Waals surface area (Å²) in [7, 11) is 0. The molecule has 14 heavy (non-hydrogen) atoms. The predicted molar refractivity (Wildman–Crippen MR) is 55.0 cm³/mol. The molecular weight excluding hydrogens is 178 g/mol. The van der Waals surface area contributed by atoms with E-state index in [0.29, 0.717) is 6.42 Å². The summed E-state index contributed by atoms with van der Waals surface area (Å²) in [5.74, 6) is -0.391. The summed E-state index contributed by atoms with van der Waals surface area (Å²) in [5.41, 5.74) is 1.94. The Balaban J connectivity index is 2.53. The highest BCUT2D eigenvalue weighted by Crippen LogP contribution is 2.01. The molecule has 0 unspecified atom stereocenters. The lowest BCUT2D eigenvalue weighted by atomic mass is 10.1. The fourth-order valence-corrected chi connectivity index (χ4v) is 1.07. The number of benzene rings is 1. The van der Waals surface area contributed by atoms with Gasteiger partial charge in [-0.25, -0.2) is 4.79 Å². The minimum Gasteiger partial charge on any atom is -0.319 e. The topological polar surface area (TPSA) is 38.7 Å². The van der Waals surface area contributed by atoms with E-state index in [1.165, 1.54) is 6.92 Å². The summed E-state index contributed by atoms with van der Waals surface area (Å²) in [6, 6.07) is 9.91. The van der Waals surface area contributed by atoms with Gasteiger partial charge in [0.2, 0.25) is 0 Å². The van der Waals surface area contributed by atoms with Crippen molar-refractivity contribution in [1.82, 2.24) is 0 Å². The van der Waals surface area contributed by atoms with Gasteiger partial charge in [-0.15, -0.1) is 0 Å². The fraction of sp³-hybridized carbons (Fsp3) is 0.273. The molecular formula is C11H13NO2. The first-order valence-electron chi connectivity index (χ1n) is 4.43. The smallest absolute Gasteiger partial charge is 0.319 e. The first kappa shape index (κ1) is 10.4. The van der Waals surface area contributed by atoms with Gasteiger partial charge in [0, 0.05) is 13.3 Å². The molecule has 3 nitrogen and oxygen atoms in total. The van der Waals surface area contributed by atoms with Crippen molar-refractivity contribution in [1.29, 1.82) is 0 Å². The molecule has 0 aromatic heterocycles. The highest BCUT2D eigenvalue weighted by molar-refractivity contribution is 5.84. The van der Waals surface area contributed by atoms with Gasteiger partial charge in [-0.05, 0) is 12.5 Å². The van der Waals surface area contributed by atoms with Crippen molar-refractivity contribution >= 4 is 11.7 Å². The van der Waals surface area contributed by atoms with Gasteiger partial charge in [0.15, 0.2) is 0 Å². The highest BCUT2D eigenvalue weighted by atomic mass is 16.7. The van der Waals surface area contributed by atoms with Crippen molar-refractivity contribution in [3.05, 3.63) is 35.9 Å². The molecule has 0 radical (unpaired) electrons. The number of oxime groups is 1. The lowest BCUT2D eigenvalue weighted by Gasteiger charge is -1.99. The Bertz CT molecular complexity index is 330. The van der Waals surface area contributed by atoms with Gasteiger partial charge in [0.05, 0.1) is 5.71 Å². The molecule has 1 rings (SSSR count). The highest BCUT2D eigenvalue weighted by Gasteiger charge is 1.96. The van der Waals surface area contributed by atoms with Crippen molar-refractivity contribution in [2.75, 3.05) is 0 Å². The van der Waals surface area contributed by atoms with Gasteiger partial charge in [0.25, 0.3) is 0 Å². The van der Waals surface area contributed by atoms with Crippen LogP contribution in [0.25, 0.3) is 0 Å². The van der Waals surface area contributed by atoms with Crippen LogP contribution in [0.5, 0.6) is 0 Å². The van der Waals surface area contributed by atoms with E-state index in [1.807, 2.05) is 37.3 Å². The van der Waals surface area contributed by atoms with Crippen molar-refractivity contribution in [3.63, 3.8) is 0 Å². The van der Waals surface area contributed by atoms with Gasteiger partial charge in [-0.3, -0.25) is 0 Å². The molecule has 0 aliphatic rings. The molecule has 1 aromatic rings. The third kappa shape index (κ3) is 3.85. The molecule has 0 aliphatic carbocycles. The average molecular weight is 191 g/mol. The number of carbonyl (C=O) groups excluding carboxylic acids is 1. The van der Waals surface area contributed by atoms with E-state index in [1.54, 1.807) is 0 Å². The maximum absolute atomic E-state index is 10.5. The second-order valence-corrected chi connectivity index (χ2v) is 3.07. The molecule has 0 saturated heterocycles. The summed E-state index contributed by atoms with van der Waals surface area (Å²) < 4.78 is 0. The van der Waals surface area contributed by atoms with E-state index in [0.717, 1.165) is 11.3 Å². The van der Waals surface area contributed by atoms with Gasteiger partial charge in [-0.1, -0.05) is 35.5 Å². The van der Waals surface area contributed by atoms with Crippen LogP contribution in [0.1, 0.15) is 19.4 Å². The zero-order valence-electron chi connectivity index (χ0n) is 8.36. The molecule has 74 valence electrons. The van der Waals surface area contributed by atoms with Crippen LogP contribution in [-0.4, -0.2) is 11.7 Å². The molecule has 0 heterocycles. The number of carbonyl (C=O) groups is 1. The van der Waals surface area contributed by atoms with Crippen LogP contribution in [-0.2, 0) is 16.1 Å². The minimum absolute atomic E-state index is 0.391. The van der Waals surface area contributed by atoms with Crippen molar-refractivity contribution in [2.45, 2.75) is 20.3 Å². The maximum Gasteiger partial charge on any atom is 0.331 e. The maximum atomic E-state index is 10.5. The predicted octanol–water partition coefficient (Wildman–Crippen LogP) is 2.17. The van der Waals surface area contributed by atoms with E-state index < -0.39 is 5.97 Å². The SMILES string of the molecule is CC(=O)O/N=C(\C)Cc1ccccc1. The lowest BCUT2D eigenvalue weighted by molar-refractivity contribution is -0.140. The van der Waals surface area contributed by atoms with E-state index in [9.17, 15) is 4.79 Å². The zero-order chi connectivity index (χ0) is 10.4. The molecule has 0 atom stereocenters. The van der Waals surface area contributed by atoms with Crippen molar-refractivity contribution in [3.8, 4) is 0 Å². The Morgan fingerprint density at radius 1 is 1.29 bits per heavy atom. The molecule has 1 aromatic carbocycles. The van der Waals surface area contributed by atoms with E-state index >= 15 is 0 Å². The molecule has 3 heteroatoms. The Labute approximate surface area is 83.4 Å². The van der Waals surface area contributed by atoms with Gasteiger partial charge >= 0.3 is 5.97 Å². The average Bonchev–Trinajstić information content (AvgIpc) is 2.16. The normalized spacial score (nSPS) is 11.1. The molecule has 0 amide bonds. The van der Waals surface area contributed by atoms with Gasteiger partial charge < -0.3 is 4.84 Å². The van der Waals surface area contributed by atoms with Crippen LogP contribution in [0, 0.1) is 0 Å². The summed E-state index contributed by atoms with van der Waals surface area (Å²) in [6.45, 7) is 3.16. The van der Waals surface area contributed by atoms with Crippen LogP contribution in [0.15, 0.2) is 35.5 Å². The first-order chi connectivity index (χ1) is 6.68. The molecule has 0 bridgehead atoms. The summed E-state index contributed by atoms with van der Waals surface area (Å²) in [5, 5.41) is 3.69. The number of nitrogens with zero attached hydrogens (tertiary/aromatic N) is 1. The summed E-state index contributed by atoms with van der Waals surface area (Å²) in [6.07, 6.45) is 0.702. The molecule has 0 aliphatic heterocycles. The van der Waals surface area contributed by atoms with Crippen LogP contribution < -0.4 is 0 Å². The molecule has 0 N–H and O–H groups in total. The molecule has 0 fully saturated rings. The van der Waals surface area contributed by atoms with Crippen LogP contribution in [0.3, 0.4) is 0 Å². The number of rotatable bonds is 3. The Morgan fingerprint density at radius 3 is 2.50 bits per heavy atom. The second kappa shape index (κ2) is 5.17. The standard InChI is InChI=1S/C11H13NO2/c1-9(12-14-10(2)13)8-11-6-4-3-5-7-11/h3-7H,8H2,1-2H3/b12-9+. The van der Waals surface area contributed by atoms with Crippen molar-refractivity contribution in [2.24, 2.45) is 5.16 Å². The molecule has 0 spiro atoms. The number of hydrogen-bond acceptors (Lipinski definition) is 3. The van der Waals surface area contributed by atoms with Gasteiger partial charge in [-0.2, -0.15) is 0 Å².